The number of carbonyl (C=O) groups excluding carboxylic acids is 2. The van der Waals surface area contributed by atoms with Crippen molar-refractivity contribution in [3.05, 3.63) is 64.1 Å². The van der Waals surface area contributed by atoms with Crippen LogP contribution < -0.4 is 15.0 Å². The molecule has 0 saturated carbocycles. The summed E-state index contributed by atoms with van der Waals surface area (Å²) in [5.74, 6) is -0.800. The number of ether oxygens (including phenoxy) is 2. The molecule has 3 aromatic rings. The summed E-state index contributed by atoms with van der Waals surface area (Å²) >= 11 is 3.31. The molecular weight excluding hydrogens is 418 g/mol. The van der Waals surface area contributed by atoms with Gasteiger partial charge in [-0.2, -0.15) is 0 Å². The number of fused-ring (bicyclic) bond motifs is 1. The molecule has 0 spiro atoms. The second-order valence-electron chi connectivity index (χ2n) is 5.40. The first-order valence-corrected chi connectivity index (χ1v) is 8.51. The number of carbonyl (C=O) groups is 2. The monoisotopic (exact) mass is 431 g/mol. The Labute approximate surface area is 162 Å². The Morgan fingerprint density at radius 1 is 1.19 bits per heavy atom. The van der Waals surface area contributed by atoms with Crippen molar-refractivity contribution in [2.75, 3.05) is 7.11 Å². The molecule has 1 heterocycles. The predicted octanol–water partition coefficient (Wildman–Crippen LogP) is 3.94. The highest BCUT2D eigenvalue weighted by Gasteiger charge is 2.15. The van der Waals surface area contributed by atoms with E-state index in [-0.39, 0.29) is 5.75 Å². The third-order valence-electron chi connectivity index (χ3n) is 3.63. The minimum Gasteiger partial charge on any atom is -0.468 e. The first-order valence-electron chi connectivity index (χ1n) is 7.71. The van der Waals surface area contributed by atoms with E-state index in [0.29, 0.717) is 28.0 Å². The maximum absolute atomic E-state index is 12.4. The average molecular weight is 432 g/mol. The van der Waals surface area contributed by atoms with Gasteiger partial charge in [-0.05, 0) is 36.4 Å². The second kappa shape index (κ2) is 8.07. The number of rotatable bonds is 5. The molecule has 138 valence electrons. The molecule has 8 heteroatoms. The summed E-state index contributed by atoms with van der Waals surface area (Å²) in [5, 5.41) is 9.33. The number of hydroxylamine groups is 1. The van der Waals surface area contributed by atoms with E-state index in [1.807, 2.05) is 0 Å². The van der Waals surface area contributed by atoms with E-state index in [4.69, 9.17) is 19.1 Å². The molecule has 7 nitrogen and oxygen atoms in total. The lowest BCUT2D eigenvalue weighted by Gasteiger charge is -2.08. The van der Waals surface area contributed by atoms with Gasteiger partial charge in [-0.15, -0.1) is 0 Å². The Hall–Kier alpha value is -3.10. The van der Waals surface area contributed by atoms with E-state index in [1.54, 1.807) is 36.4 Å². The zero-order valence-corrected chi connectivity index (χ0v) is 15.6. The minimum atomic E-state index is -0.718. The molecule has 2 aromatic carbocycles. The predicted molar refractivity (Wildman–Crippen MR) is 101 cm³/mol. The zero-order chi connectivity index (χ0) is 19.4. The largest absolute Gasteiger partial charge is 0.468 e. The third-order valence-corrected chi connectivity index (χ3v) is 4.16. The summed E-state index contributed by atoms with van der Waals surface area (Å²) < 4.78 is 16.9. The van der Waals surface area contributed by atoms with Gasteiger partial charge < -0.3 is 13.9 Å². The van der Waals surface area contributed by atoms with E-state index in [2.05, 4.69) is 15.9 Å². The maximum Gasteiger partial charge on any atom is 0.343 e. The average Bonchev–Trinajstić information content (AvgIpc) is 3.08. The van der Waals surface area contributed by atoms with Crippen molar-refractivity contribution in [1.29, 1.82) is 0 Å². The molecule has 0 radical (unpaired) electrons. The Morgan fingerprint density at radius 2 is 1.93 bits per heavy atom. The van der Waals surface area contributed by atoms with Gasteiger partial charge in [0.2, 0.25) is 0 Å². The standard InChI is InChI=1S/C19H14BrNO6/c1-25-18-9-13-8-12(4-7-17(22)21-24)15(10-16(13)26-18)27-19(23)11-2-5-14(20)6-3-11/h2-10,24H,1H3,(H,21,22)/b7-4+. The smallest absolute Gasteiger partial charge is 0.343 e. The van der Waals surface area contributed by atoms with Gasteiger partial charge in [0.1, 0.15) is 11.3 Å². The first kappa shape index (κ1) is 18.7. The second-order valence-corrected chi connectivity index (χ2v) is 6.32. The topological polar surface area (TPSA) is 98.0 Å². The van der Waals surface area contributed by atoms with Gasteiger partial charge in [-0.25, -0.2) is 10.3 Å². The van der Waals surface area contributed by atoms with E-state index in [0.717, 1.165) is 10.5 Å². The Morgan fingerprint density at radius 3 is 2.59 bits per heavy atom. The van der Waals surface area contributed by atoms with E-state index in [9.17, 15) is 9.59 Å². The highest BCUT2D eigenvalue weighted by atomic mass is 79.9. The number of nitrogens with one attached hydrogen (secondary N) is 1. The molecule has 1 amide bonds. The fraction of sp³-hybridized carbons (Fsp3) is 0.0526. The lowest BCUT2D eigenvalue weighted by Crippen LogP contribution is -2.15. The van der Waals surface area contributed by atoms with Crippen molar-refractivity contribution >= 4 is 44.9 Å². The van der Waals surface area contributed by atoms with Gasteiger partial charge in [0.05, 0.1) is 12.7 Å². The van der Waals surface area contributed by atoms with Crippen molar-refractivity contribution in [3.8, 4) is 11.7 Å². The van der Waals surface area contributed by atoms with E-state index in [1.165, 1.54) is 24.7 Å². The first-order chi connectivity index (χ1) is 13.0. The molecule has 0 bridgehead atoms. The quantitative estimate of drug-likeness (QED) is 0.208. The molecule has 0 aliphatic carbocycles. The van der Waals surface area contributed by atoms with Crippen molar-refractivity contribution in [3.63, 3.8) is 0 Å². The van der Waals surface area contributed by atoms with Crippen molar-refractivity contribution in [2.24, 2.45) is 0 Å². The zero-order valence-electron chi connectivity index (χ0n) is 14.1. The summed E-state index contributed by atoms with van der Waals surface area (Å²) in [6.07, 6.45) is 2.52. The van der Waals surface area contributed by atoms with Gasteiger partial charge in [0.15, 0.2) is 0 Å². The Balaban J connectivity index is 1.99. The summed E-state index contributed by atoms with van der Waals surface area (Å²) in [7, 11) is 1.47. The number of furan rings is 1. The van der Waals surface area contributed by atoms with Crippen LogP contribution in [0.4, 0.5) is 0 Å². The fourth-order valence-corrected chi connectivity index (χ4v) is 2.59. The summed E-state index contributed by atoms with van der Waals surface area (Å²) in [4.78, 5) is 23.7. The molecule has 0 aliphatic heterocycles. The van der Waals surface area contributed by atoms with E-state index < -0.39 is 11.9 Å². The van der Waals surface area contributed by atoms with Crippen LogP contribution in [0.25, 0.3) is 17.0 Å². The van der Waals surface area contributed by atoms with Crippen LogP contribution in [0.15, 0.2) is 57.4 Å². The normalized spacial score (nSPS) is 10.9. The Bertz CT molecular complexity index is 1020. The summed E-state index contributed by atoms with van der Waals surface area (Å²) in [5.41, 5.74) is 2.76. The van der Waals surface area contributed by atoms with Crippen LogP contribution >= 0.6 is 15.9 Å². The number of benzene rings is 2. The molecule has 0 aliphatic rings. The SMILES string of the molecule is COc1cc2cc(/C=C/C(=O)NO)c(OC(=O)c3ccc(Br)cc3)cc2o1. The molecule has 0 unspecified atom stereocenters. The molecular formula is C19H14BrNO6. The van der Waals surface area contributed by atoms with Gasteiger partial charge in [-0.3, -0.25) is 10.0 Å². The highest BCUT2D eigenvalue weighted by Crippen LogP contribution is 2.32. The van der Waals surface area contributed by atoms with Gasteiger partial charge in [0.25, 0.3) is 11.9 Å². The van der Waals surface area contributed by atoms with Gasteiger partial charge in [-0.1, -0.05) is 15.9 Å². The van der Waals surface area contributed by atoms with Crippen LogP contribution in [0.1, 0.15) is 15.9 Å². The number of halogens is 1. The number of hydrogen-bond acceptors (Lipinski definition) is 6. The van der Waals surface area contributed by atoms with Crippen molar-refractivity contribution < 1.29 is 28.7 Å². The molecule has 2 N–H and O–H groups in total. The molecule has 3 rings (SSSR count). The minimum absolute atomic E-state index is 0.189. The van der Waals surface area contributed by atoms with Crippen LogP contribution in [-0.2, 0) is 4.79 Å². The number of hydrogen-bond donors (Lipinski definition) is 2. The molecule has 27 heavy (non-hydrogen) atoms. The van der Waals surface area contributed by atoms with E-state index >= 15 is 0 Å². The fourth-order valence-electron chi connectivity index (χ4n) is 2.33. The van der Waals surface area contributed by atoms with Crippen molar-refractivity contribution in [1.82, 2.24) is 5.48 Å². The molecule has 1 aromatic heterocycles. The van der Waals surface area contributed by atoms with Gasteiger partial charge in [0, 0.05) is 33.6 Å². The van der Waals surface area contributed by atoms with Crippen LogP contribution in [0.2, 0.25) is 0 Å². The van der Waals surface area contributed by atoms with Crippen LogP contribution in [-0.4, -0.2) is 24.2 Å². The third kappa shape index (κ3) is 4.36. The molecule has 0 fully saturated rings. The lowest BCUT2D eigenvalue weighted by molar-refractivity contribution is -0.124. The van der Waals surface area contributed by atoms with Crippen LogP contribution in [0.5, 0.6) is 11.7 Å². The number of methoxy groups -OCH3 is 1. The van der Waals surface area contributed by atoms with Crippen LogP contribution in [0.3, 0.4) is 0 Å². The summed E-state index contributed by atoms with van der Waals surface area (Å²) in [6.45, 7) is 0. The number of esters is 1. The Kier molecular flexibility index (Phi) is 5.58. The summed E-state index contributed by atoms with van der Waals surface area (Å²) in [6, 6.07) is 11.6. The maximum atomic E-state index is 12.4. The molecule has 0 atom stereocenters. The molecule has 0 saturated heterocycles. The number of amides is 1. The highest BCUT2D eigenvalue weighted by molar-refractivity contribution is 9.10. The van der Waals surface area contributed by atoms with Crippen molar-refractivity contribution in [2.45, 2.75) is 0 Å². The van der Waals surface area contributed by atoms with Crippen LogP contribution in [0, 0.1) is 0 Å². The van der Waals surface area contributed by atoms with Gasteiger partial charge >= 0.3 is 5.97 Å². The lowest BCUT2D eigenvalue weighted by atomic mass is 10.1.